The van der Waals surface area contributed by atoms with Crippen molar-refractivity contribution in [2.75, 3.05) is 25.7 Å². The first kappa shape index (κ1) is 21.6. The van der Waals surface area contributed by atoms with E-state index in [2.05, 4.69) is 20.7 Å². The van der Waals surface area contributed by atoms with Gasteiger partial charge in [0.1, 0.15) is 0 Å². The van der Waals surface area contributed by atoms with Crippen LogP contribution in [0, 0.1) is 0 Å². The molecule has 1 unspecified atom stereocenters. The summed E-state index contributed by atoms with van der Waals surface area (Å²) in [5.74, 6) is 0.612. The van der Waals surface area contributed by atoms with E-state index in [1.54, 1.807) is 6.07 Å². The zero-order chi connectivity index (χ0) is 18.2. The first-order valence-electron chi connectivity index (χ1n) is 7.97. The molecule has 0 saturated carbocycles. The molecule has 2 N–H and O–H groups in total. The van der Waals surface area contributed by atoms with Crippen LogP contribution in [0.5, 0.6) is 11.5 Å². The van der Waals surface area contributed by atoms with Crippen molar-refractivity contribution in [2.24, 2.45) is 0 Å². The van der Waals surface area contributed by atoms with Crippen LogP contribution >= 0.6 is 15.9 Å². The number of hydrogen-bond donors (Lipinski definition) is 2. The maximum Gasteiger partial charge on any atom is 0.162 e. The first-order chi connectivity index (χ1) is 11.3. The zero-order valence-corrected chi connectivity index (χ0v) is 17.2. The maximum absolute atomic E-state index is 12.5. The van der Waals surface area contributed by atoms with Gasteiger partial charge in [0.25, 0.3) is 0 Å². The van der Waals surface area contributed by atoms with Gasteiger partial charge in [0.15, 0.2) is 16.2 Å². The number of methoxy groups -OCH3 is 1. The standard InChI is InChI=1S/C17H28BrNO4S/c1-13(19-24(21)17(2,3)12-23-10-9-18)5-6-14-7-8-15(20)16(11-14)22-4/h7-8,11,13,19-20H,5-6,9-10,12H2,1-4H3/t13-,24?/m1/s1. The Bertz CT molecular complexity index is 501. The van der Waals surface area contributed by atoms with Gasteiger partial charge in [-0.05, 0) is 51.3 Å². The molecular weight excluding hydrogens is 394 g/mol. The van der Waals surface area contributed by atoms with E-state index < -0.39 is 16.1 Å². The van der Waals surface area contributed by atoms with Crippen molar-refractivity contribution in [1.29, 1.82) is 0 Å². The Labute approximate surface area is 156 Å². The lowest BCUT2D eigenvalue weighted by molar-refractivity contribution is 0.131. The van der Waals surface area contributed by atoms with Crippen molar-refractivity contribution in [1.82, 2.24) is 4.72 Å². The Morgan fingerprint density at radius 3 is 2.75 bits per heavy atom. The third-order valence-corrected chi connectivity index (χ3v) is 5.65. The molecule has 0 aliphatic carbocycles. The van der Waals surface area contributed by atoms with Crippen molar-refractivity contribution in [3.63, 3.8) is 0 Å². The summed E-state index contributed by atoms with van der Waals surface area (Å²) in [6.45, 7) is 6.94. The molecule has 0 amide bonds. The number of phenols is 1. The first-order valence-corrected chi connectivity index (χ1v) is 10.2. The molecule has 138 valence electrons. The van der Waals surface area contributed by atoms with Crippen LogP contribution < -0.4 is 9.46 Å². The minimum absolute atomic E-state index is 0.0982. The van der Waals surface area contributed by atoms with Crippen molar-refractivity contribution in [2.45, 2.75) is 44.4 Å². The van der Waals surface area contributed by atoms with Gasteiger partial charge < -0.3 is 19.1 Å². The van der Waals surface area contributed by atoms with E-state index in [4.69, 9.17) is 9.47 Å². The zero-order valence-electron chi connectivity index (χ0n) is 14.8. The number of hydrogen-bond acceptors (Lipinski definition) is 5. The van der Waals surface area contributed by atoms with E-state index >= 15 is 0 Å². The number of aromatic hydroxyl groups is 1. The molecule has 1 rings (SSSR count). The number of nitrogens with one attached hydrogen (secondary N) is 1. The Hall–Kier alpha value is -0.470. The highest BCUT2D eigenvalue weighted by Gasteiger charge is 2.33. The van der Waals surface area contributed by atoms with E-state index in [1.165, 1.54) is 7.11 Å². The third kappa shape index (κ3) is 7.19. The summed E-state index contributed by atoms with van der Waals surface area (Å²) in [5, 5.41) is 10.4. The van der Waals surface area contributed by atoms with Crippen LogP contribution in [0.3, 0.4) is 0 Å². The monoisotopic (exact) mass is 421 g/mol. The number of benzene rings is 1. The second kappa shape index (κ2) is 10.5. The molecule has 0 fully saturated rings. The fourth-order valence-corrected chi connectivity index (χ4v) is 3.31. The lowest BCUT2D eigenvalue weighted by atomic mass is 10.1. The van der Waals surface area contributed by atoms with Crippen LogP contribution in [0.1, 0.15) is 32.8 Å². The molecule has 2 atom stereocenters. The van der Waals surface area contributed by atoms with Gasteiger partial charge in [-0.15, -0.1) is 4.72 Å². The molecule has 0 bridgehead atoms. The summed E-state index contributed by atoms with van der Waals surface area (Å²) < 4.78 is 25.8. The van der Waals surface area contributed by atoms with Gasteiger partial charge in [-0.2, -0.15) is 0 Å². The minimum atomic E-state index is -1.19. The number of aryl methyl sites for hydroxylation is 1. The smallest absolute Gasteiger partial charge is 0.162 e. The number of rotatable bonds is 11. The van der Waals surface area contributed by atoms with E-state index in [0.29, 0.717) is 19.0 Å². The van der Waals surface area contributed by atoms with Crippen molar-refractivity contribution in [3.05, 3.63) is 23.8 Å². The SMILES string of the molecule is COc1cc(CC[C@@H](C)N[S+]([O-])C(C)(C)COCCBr)ccc1O. The molecule has 24 heavy (non-hydrogen) atoms. The van der Waals surface area contributed by atoms with Gasteiger partial charge in [0.05, 0.1) is 26.4 Å². The van der Waals surface area contributed by atoms with Gasteiger partial charge in [0, 0.05) is 16.7 Å². The number of halogens is 1. The fraction of sp³-hybridized carbons (Fsp3) is 0.647. The van der Waals surface area contributed by atoms with Gasteiger partial charge in [0.2, 0.25) is 0 Å². The number of ether oxygens (including phenoxy) is 2. The van der Waals surface area contributed by atoms with Gasteiger partial charge in [-0.25, -0.2) is 0 Å². The molecule has 0 aromatic heterocycles. The Morgan fingerprint density at radius 1 is 1.42 bits per heavy atom. The highest BCUT2D eigenvalue weighted by molar-refractivity contribution is 9.09. The van der Waals surface area contributed by atoms with Gasteiger partial charge >= 0.3 is 0 Å². The summed E-state index contributed by atoms with van der Waals surface area (Å²) in [6, 6.07) is 5.44. The van der Waals surface area contributed by atoms with E-state index in [1.807, 2.05) is 32.9 Å². The number of alkyl halides is 1. The fourth-order valence-electron chi connectivity index (χ4n) is 2.09. The van der Waals surface area contributed by atoms with Crippen LogP contribution in [0.15, 0.2) is 18.2 Å². The molecule has 0 spiro atoms. The normalized spacial score (nSPS) is 14.4. The topological polar surface area (TPSA) is 73.8 Å². The largest absolute Gasteiger partial charge is 0.598 e. The average Bonchev–Trinajstić information content (AvgIpc) is 2.54. The quantitative estimate of drug-likeness (QED) is 0.326. The minimum Gasteiger partial charge on any atom is -0.598 e. The van der Waals surface area contributed by atoms with E-state index in [9.17, 15) is 9.66 Å². The molecule has 0 aliphatic rings. The van der Waals surface area contributed by atoms with Crippen molar-refractivity contribution < 1.29 is 19.1 Å². The lowest BCUT2D eigenvalue weighted by Crippen LogP contribution is -2.48. The van der Waals surface area contributed by atoms with Crippen molar-refractivity contribution >= 4 is 27.3 Å². The summed E-state index contributed by atoms with van der Waals surface area (Å²) in [6.07, 6.45) is 1.64. The molecule has 7 heteroatoms. The second-order valence-electron chi connectivity index (χ2n) is 6.33. The van der Waals surface area contributed by atoms with Crippen LogP contribution in [0.25, 0.3) is 0 Å². The molecular formula is C17H28BrNO4S. The number of phenolic OH excluding ortho intramolecular Hbond substituents is 1. The Kier molecular flexibility index (Phi) is 9.44. The van der Waals surface area contributed by atoms with Gasteiger partial charge in [-0.3, -0.25) is 0 Å². The summed E-state index contributed by atoms with van der Waals surface area (Å²) in [4.78, 5) is 0. The third-order valence-electron chi connectivity index (χ3n) is 3.59. The molecule has 1 aromatic rings. The van der Waals surface area contributed by atoms with Crippen LogP contribution in [-0.4, -0.2) is 46.1 Å². The summed E-state index contributed by atoms with van der Waals surface area (Å²) in [7, 11) is 1.53. The Balaban J connectivity index is 2.46. The van der Waals surface area contributed by atoms with Crippen LogP contribution in [0.4, 0.5) is 0 Å². The average molecular weight is 422 g/mol. The maximum atomic E-state index is 12.5. The highest BCUT2D eigenvalue weighted by Crippen LogP contribution is 2.27. The predicted octanol–water partition coefficient (Wildman–Crippen LogP) is 3.17. The molecule has 5 nitrogen and oxygen atoms in total. The summed E-state index contributed by atoms with van der Waals surface area (Å²) >= 11 is 2.12. The molecule has 0 heterocycles. The van der Waals surface area contributed by atoms with E-state index in [-0.39, 0.29) is 11.8 Å². The second-order valence-corrected chi connectivity index (χ2v) is 9.01. The molecule has 1 aromatic carbocycles. The molecule has 0 radical (unpaired) electrons. The molecule has 0 aliphatic heterocycles. The Morgan fingerprint density at radius 2 is 2.12 bits per heavy atom. The van der Waals surface area contributed by atoms with Crippen molar-refractivity contribution in [3.8, 4) is 11.5 Å². The van der Waals surface area contributed by atoms with Crippen LogP contribution in [0.2, 0.25) is 0 Å². The molecule has 0 saturated heterocycles. The lowest BCUT2D eigenvalue weighted by Gasteiger charge is -2.29. The highest BCUT2D eigenvalue weighted by atomic mass is 79.9. The predicted molar refractivity (Wildman–Crippen MR) is 102 cm³/mol. The van der Waals surface area contributed by atoms with Gasteiger partial charge in [-0.1, -0.05) is 22.0 Å². The summed E-state index contributed by atoms with van der Waals surface area (Å²) in [5.41, 5.74) is 1.07. The van der Waals surface area contributed by atoms with E-state index in [0.717, 1.165) is 23.7 Å². The van der Waals surface area contributed by atoms with Crippen LogP contribution in [-0.2, 0) is 22.5 Å².